The summed E-state index contributed by atoms with van der Waals surface area (Å²) in [5, 5.41) is 3.64. The summed E-state index contributed by atoms with van der Waals surface area (Å²) < 4.78 is 0. The van der Waals surface area contributed by atoms with Gasteiger partial charge in [0.05, 0.1) is 0 Å². The van der Waals surface area contributed by atoms with Crippen LogP contribution in [0.25, 0.3) is 0 Å². The minimum absolute atomic E-state index is 0.773. The molecule has 76 valence electrons. The van der Waals surface area contributed by atoms with Crippen LogP contribution in [-0.4, -0.2) is 6.04 Å². The molecule has 0 saturated heterocycles. The second-order valence-electron chi connectivity index (χ2n) is 4.29. The van der Waals surface area contributed by atoms with Crippen molar-refractivity contribution in [1.82, 2.24) is 5.32 Å². The molecule has 1 nitrogen and oxygen atoms in total. The van der Waals surface area contributed by atoms with E-state index >= 15 is 0 Å². The summed E-state index contributed by atoms with van der Waals surface area (Å²) in [6.07, 6.45) is 5.55. The monoisotopic (exact) mass is 189 g/mol. The van der Waals surface area contributed by atoms with Gasteiger partial charge in [-0.1, -0.05) is 37.1 Å². The second kappa shape index (κ2) is 4.61. The third-order valence-corrected chi connectivity index (χ3v) is 3.20. The van der Waals surface area contributed by atoms with E-state index in [-0.39, 0.29) is 0 Å². The van der Waals surface area contributed by atoms with Crippen molar-refractivity contribution < 1.29 is 0 Å². The number of rotatable bonds is 3. The first-order valence-electron chi connectivity index (χ1n) is 5.64. The molecular weight excluding hydrogens is 170 g/mol. The normalized spacial score (nSPS) is 17.5. The van der Waals surface area contributed by atoms with E-state index in [9.17, 15) is 0 Å². The van der Waals surface area contributed by atoms with Crippen LogP contribution in [0.4, 0.5) is 0 Å². The van der Waals surface area contributed by atoms with Crippen LogP contribution < -0.4 is 5.32 Å². The van der Waals surface area contributed by atoms with E-state index in [0.717, 1.165) is 12.6 Å². The summed E-state index contributed by atoms with van der Waals surface area (Å²) in [7, 11) is 0. The summed E-state index contributed by atoms with van der Waals surface area (Å²) in [6.45, 7) is 3.23. The van der Waals surface area contributed by atoms with Gasteiger partial charge in [-0.05, 0) is 30.9 Å². The predicted octanol–water partition coefficient (Wildman–Crippen LogP) is 3.03. The Morgan fingerprint density at radius 1 is 1.21 bits per heavy atom. The quantitative estimate of drug-likeness (QED) is 0.770. The maximum atomic E-state index is 3.64. The number of nitrogens with one attached hydrogen (secondary N) is 1. The summed E-state index contributed by atoms with van der Waals surface area (Å²) in [5.74, 6) is 0. The minimum Gasteiger partial charge on any atom is -0.310 e. The summed E-state index contributed by atoms with van der Waals surface area (Å²) in [6, 6.07) is 9.41. The Morgan fingerprint density at radius 2 is 1.93 bits per heavy atom. The first kappa shape index (κ1) is 9.72. The highest BCUT2D eigenvalue weighted by Gasteiger charge is 2.13. The first-order valence-corrected chi connectivity index (χ1v) is 5.64. The Balaban J connectivity index is 1.88. The predicted molar refractivity (Wildman–Crippen MR) is 60.3 cm³/mol. The Morgan fingerprint density at radius 3 is 2.64 bits per heavy atom. The molecule has 0 atom stereocenters. The van der Waals surface area contributed by atoms with Crippen molar-refractivity contribution in [2.24, 2.45) is 0 Å². The van der Waals surface area contributed by atoms with E-state index in [1.165, 1.54) is 36.8 Å². The number of aryl methyl sites for hydroxylation is 1. The second-order valence-corrected chi connectivity index (χ2v) is 4.29. The molecule has 0 spiro atoms. The van der Waals surface area contributed by atoms with Gasteiger partial charge in [0.15, 0.2) is 0 Å². The molecule has 1 fully saturated rings. The van der Waals surface area contributed by atoms with E-state index in [1.807, 2.05) is 0 Å². The van der Waals surface area contributed by atoms with Gasteiger partial charge in [-0.3, -0.25) is 0 Å². The van der Waals surface area contributed by atoms with Gasteiger partial charge in [-0.2, -0.15) is 0 Å². The molecule has 0 heterocycles. The Labute approximate surface area is 86.5 Å². The van der Waals surface area contributed by atoms with Crippen LogP contribution in [0.15, 0.2) is 24.3 Å². The molecule has 0 unspecified atom stereocenters. The first-order chi connectivity index (χ1) is 6.86. The SMILES string of the molecule is Cc1ccccc1CNC1CCCC1. The van der Waals surface area contributed by atoms with Gasteiger partial charge in [0, 0.05) is 12.6 Å². The fraction of sp³-hybridized carbons (Fsp3) is 0.538. The van der Waals surface area contributed by atoms with Crippen molar-refractivity contribution >= 4 is 0 Å². The van der Waals surface area contributed by atoms with Crippen LogP contribution >= 0.6 is 0 Å². The average molecular weight is 189 g/mol. The van der Waals surface area contributed by atoms with E-state index in [2.05, 4.69) is 36.5 Å². The average Bonchev–Trinajstić information content (AvgIpc) is 2.69. The van der Waals surface area contributed by atoms with Gasteiger partial charge in [0.2, 0.25) is 0 Å². The molecule has 2 rings (SSSR count). The number of benzene rings is 1. The molecule has 1 aromatic carbocycles. The number of hydrogen-bond donors (Lipinski definition) is 1. The molecule has 1 N–H and O–H groups in total. The summed E-state index contributed by atoms with van der Waals surface area (Å²) >= 11 is 0. The van der Waals surface area contributed by atoms with Crippen LogP contribution in [-0.2, 0) is 6.54 Å². The Bertz CT molecular complexity index is 287. The molecule has 14 heavy (non-hydrogen) atoms. The van der Waals surface area contributed by atoms with Crippen LogP contribution in [0.3, 0.4) is 0 Å². The van der Waals surface area contributed by atoms with E-state index < -0.39 is 0 Å². The van der Waals surface area contributed by atoms with Crippen LogP contribution in [0.2, 0.25) is 0 Å². The van der Waals surface area contributed by atoms with Crippen molar-refractivity contribution in [3.05, 3.63) is 35.4 Å². The van der Waals surface area contributed by atoms with E-state index in [4.69, 9.17) is 0 Å². The zero-order chi connectivity index (χ0) is 9.80. The van der Waals surface area contributed by atoms with Crippen molar-refractivity contribution in [3.63, 3.8) is 0 Å². The van der Waals surface area contributed by atoms with Gasteiger partial charge in [-0.15, -0.1) is 0 Å². The third-order valence-electron chi connectivity index (χ3n) is 3.20. The van der Waals surface area contributed by atoms with Gasteiger partial charge < -0.3 is 5.32 Å². The molecule has 0 aromatic heterocycles. The third kappa shape index (κ3) is 2.36. The van der Waals surface area contributed by atoms with Crippen molar-refractivity contribution in [2.75, 3.05) is 0 Å². The maximum Gasteiger partial charge on any atom is 0.0210 e. The molecule has 0 amide bonds. The smallest absolute Gasteiger partial charge is 0.0210 e. The molecule has 1 saturated carbocycles. The summed E-state index contributed by atoms with van der Waals surface area (Å²) in [4.78, 5) is 0. The highest BCUT2D eigenvalue weighted by molar-refractivity contribution is 5.25. The lowest BCUT2D eigenvalue weighted by Gasteiger charge is -2.12. The molecule has 0 bridgehead atoms. The maximum absolute atomic E-state index is 3.64. The fourth-order valence-corrected chi connectivity index (χ4v) is 2.19. The van der Waals surface area contributed by atoms with Crippen LogP contribution in [0, 0.1) is 6.92 Å². The standard InChI is InChI=1S/C13H19N/c1-11-6-2-3-7-12(11)10-14-13-8-4-5-9-13/h2-3,6-7,13-14H,4-5,8-10H2,1H3. The molecule has 0 aliphatic heterocycles. The van der Waals surface area contributed by atoms with Crippen molar-refractivity contribution in [1.29, 1.82) is 0 Å². The molecule has 1 aromatic rings. The molecule has 1 aliphatic carbocycles. The number of hydrogen-bond acceptors (Lipinski definition) is 1. The van der Waals surface area contributed by atoms with Gasteiger partial charge >= 0.3 is 0 Å². The van der Waals surface area contributed by atoms with Crippen molar-refractivity contribution in [2.45, 2.75) is 45.2 Å². The fourth-order valence-electron chi connectivity index (χ4n) is 2.19. The Kier molecular flexibility index (Phi) is 3.20. The Hall–Kier alpha value is -0.820. The zero-order valence-corrected chi connectivity index (χ0v) is 8.92. The van der Waals surface area contributed by atoms with E-state index in [1.54, 1.807) is 0 Å². The van der Waals surface area contributed by atoms with Gasteiger partial charge in [0.1, 0.15) is 0 Å². The van der Waals surface area contributed by atoms with Crippen LogP contribution in [0.5, 0.6) is 0 Å². The largest absolute Gasteiger partial charge is 0.310 e. The minimum atomic E-state index is 0.773. The highest BCUT2D eigenvalue weighted by atomic mass is 14.9. The van der Waals surface area contributed by atoms with Crippen molar-refractivity contribution in [3.8, 4) is 0 Å². The lowest BCUT2D eigenvalue weighted by molar-refractivity contribution is 0.523. The van der Waals surface area contributed by atoms with Gasteiger partial charge in [-0.25, -0.2) is 0 Å². The molecule has 0 radical (unpaired) electrons. The highest BCUT2D eigenvalue weighted by Crippen LogP contribution is 2.18. The molecular formula is C13H19N. The molecule has 1 heteroatoms. The zero-order valence-electron chi connectivity index (χ0n) is 8.92. The lowest BCUT2D eigenvalue weighted by Crippen LogP contribution is -2.25. The molecule has 1 aliphatic rings. The van der Waals surface area contributed by atoms with E-state index in [0.29, 0.717) is 0 Å². The summed E-state index contributed by atoms with van der Waals surface area (Å²) in [5.41, 5.74) is 2.84. The van der Waals surface area contributed by atoms with Crippen LogP contribution in [0.1, 0.15) is 36.8 Å². The van der Waals surface area contributed by atoms with Gasteiger partial charge in [0.25, 0.3) is 0 Å². The lowest BCUT2D eigenvalue weighted by atomic mass is 10.1. The topological polar surface area (TPSA) is 12.0 Å².